The van der Waals surface area contributed by atoms with Crippen LogP contribution >= 0.6 is 22.9 Å². The maximum absolute atomic E-state index is 5.80. The normalized spacial score (nSPS) is 30.8. The summed E-state index contributed by atoms with van der Waals surface area (Å²) in [5, 5.41) is 3.21. The van der Waals surface area contributed by atoms with Gasteiger partial charge in [-0.2, -0.15) is 0 Å². The van der Waals surface area contributed by atoms with Crippen molar-refractivity contribution in [2.75, 3.05) is 11.4 Å². The van der Waals surface area contributed by atoms with Crippen LogP contribution in [0.5, 0.6) is 0 Å². The minimum Gasteiger partial charge on any atom is -0.345 e. The fourth-order valence-corrected chi connectivity index (χ4v) is 3.61. The fraction of sp³-hybridized carbons (Fsp3) is 0.750. The van der Waals surface area contributed by atoms with E-state index in [4.69, 9.17) is 11.6 Å². The highest BCUT2D eigenvalue weighted by Crippen LogP contribution is 2.33. The lowest BCUT2D eigenvalue weighted by Crippen LogP contribution is -2.45. The number of anilines is 1. The van der Waals surface area contributed by atoms with Gasteiger partial charge in [0.05, 0.1) is 11.6 Å². The monoisotopic (exact) mass is 258 g/mol. The van der Waals surface area contributed by atoms with E-state index in [1.165, 1.54) is 6.42 Å². The Balaban J connectivity index is 2.18. The molecule has 0 N–H and O–H groups in total. The molecule has 1 aromatic heterocycles. The number of piperidine rings is 1. The Labute approximate surface area is 107 Å². The van der Waals surface area contributed by atoms with Gasteiger partial charge in [-0.1, -0.05) is 13.8 Å². The molecule has 1 saturated heterocycles. The summed E-state index contributed by atoms with van der Waals surface area (Å²) in [4.78, 5) is 7.03. The zero-order valence-electron chi connectivity index (χ0n) is 10.1. The Hall–Kier alpha value is -0.280. The van der Waals surface area contributed by atoms with Crippen LogP contribution in [0, 0.1) is 11.8 Å². The molecule has 0 radical (unpaired) electrons. The number of hydrogen-bond acceptors (Lipinski definition) is 3. The number of aromatic nitrogens is 1. The minimum absolute atomic E-state index is 0.518. The molecule has 0 bridgehead atoms. The first kappa shape index (κ1) is 12.2. The molecule has 90 valence electrons. The van der Waals surface area contributed by atoms with Crippen LogP contribution in [0.1, 0.15) is 32.9 Å². The molecular weight excluding hydrogens is 240 g/mol. The molecule has 16 heavy (non-hydrogen) atoms. The van der Waals surface area contributed by atoms with Crippen LogP contribution in [0.25, 0.3) is 0 Å². The summed E-state index contributed by atoms with van der Waals surface area (Å²) in [5.74, 6) is 2.02. The van der Waals surface area contributed by atoms with Crippen molar-refractivity contribution in [3.63, 3.8) is 0 Å². The third-order valence-corrected chi connectivity index (χ3v) is 4.72. The van der Waals surface area contributed by atoms with E-state index >= 15 is 0 Å². The topological polar surface area (TPSA) is 16.1 Å². The Kier molecular flexibility index (Phi) is 3.75. The van der Waals surface area contributed by atoms with Crippen LogP contribution in [0.3, 0.4) is 0 Å². The molecular formula is C12H19ClN2S. The van der Waals surface area contributed by atoms with Gasteiger partial charge in [0, 0.05) is 18.0 Å². The first-order valence-corrected chi connectivity index (χ1v) is 7.30. The molecule has 1 fully saturated rings. The Morgan fingerprint density at radius 3 is 2.88 bits per heavy atom. The predicted molar refractivity (Wildman–Crippen MR) is 71.4 cm³/mol. The largest absolute Gasteiger partial charge is 0.345 e. The summed E-state index contributed by atoms with van der Waals surface area (Å²) < 4.78 is 0. The maximum atomic E-state index is 5.80. The molecule has 0 saturated carbocycles. The molecule has 1 aliphatic heterocycles. The molecule has 2 nitrogen and oxygen atoms in total. The summed E-state index contributed by atoms with van der Waals surface area (Å²) >= 11 is 7.52. The summed E-state index contributed by atoms with van der Waals surface area (Å²) in [6.45, 7) is 8.09. The van der Waals surface area contributed by atoms with Crippen LogP contribution in [0.4, 0.5) is 5.13 Å². The van der Waals surface area contributed by atoms with Gasteiger partial charge in [0.1, 0.15) is 0 Å². The molecule has 1 aromatic rings. The summed E-state index contributed by atoms with van der Waals surface area (Å²) in [7, 11) is 0. The average molecular weight is 259 g/mol. The molecule has 3 atom stereocenters. The van der Waals surface area contributed by atoms with Crippen LogP contribution in [0.15, 0.2) is 5.38 Å². The van der Waals surface area contributed by atoms with Gasteiger partial charge >= 0.3 is 0 Å². The van der Waals surface area contributed by atoms with Crippen molar-refractivity contribution in [1.82, 2.24) is 4.98 Å². The number of nitrogens with zero attached hydrogens (tertiary/aromatic N) is 2. The van der Waals surface area contributed by atoms with Crippen LogP contribution in [0.2, 0.25) is 0 Å². The van der Waals surface area contributed by atoms with Gasteiger partial charge < -0.3 is 4.90 Å². The zero-order valence-corrected chi connectivity index (χ0v) is 11.7. The van der Waals surface area contributed by atoms with Crippen molar-refractivity contribution in [3.8, 4) is 0 Å². The highest BCUT2D eigenvalue weighted by atomic mass is 35.5. The number of thiazole rings is 1. The van der Waals surface area contributed by atoms with E-state index in [0.29, 0.717) is 11.9 Å². The molecule has 0 aromatic carbocycles. The van der Waals surface area contributed by atoms with Crippen LogP contribution in [-0.4, -0.2) is 17.6 Å². The van der Waals surface area contributed by atoms with Crippen molar-refractivity contribution in [2.24, 2.45) is 11.8 Å². The maximum Gasteiger partial charge on any atom is 0.185 e. The number of alkyl halides is 1. The van der Waals surface area contributed by atoms with Gasteiger partial charge in [0.15, 0.2) is 5.13 Å². The van der Waals surface area contributed by atoms with Crippen molar-refractivity contribution >= 4 is 28.1 Å². The van der Waals surface area contributed by atoms with E-state index in [0.717, 1.165) is 29.2 Å². The van der Waals surface area contributed by atoms with E-state index in [1.54, 1.807) is 11.3 Å². The van der Waals surface area contributed by atoms with Gasteiger partial charge in [-0.15, -0.1) is 22.9 Å². The van der Waals surface area contributed by atoms with Gasteiger partial charge in [-0.25, -0.2) is 4.98 Å². The van der Waals surface area contributed by atoms with Crippen LogP contribution in [-0.2, 0) is 5.88 Å². The second-order valence-electron chi connectivity index (χ2n) is 4.97. The highest BCUT2D eigenvalue weighted by molar-refractivity contribution is 7.13. The lowest BCUT2D eigenvalue weighted by Gasteiger charge is -2.41. The average Bonchev–Trinajstić information content (AvgIpc) is 2.71. The van der Waals surface area contributed by atoms with Crippen molar-refractivity contribution in [2.45, 2.75) is 39.1 Å². The van der Waals surface area contributed by atoms with E-state index in [-0.39, 0.29) is 0 Å². The quantitative estimate of drug-likeness (QED) is 0.751. The van der Waals surface area contributed by atoms with Gasteiger partial charge in [-0.05, 0) is 25.2 Å². The number of hydrogen-bond donors (Lipinski definition) is 0. The SMILES string of the molecule is CC1CC(C)C(C)N(c2nc(CCl)cs2)C1. The van der Waals surface area contributed by atoms with E-state index in [2.05, 4.69) is 36.0 Å². The molecule has 0 aliphatic carbocycles. The Morgan fingerprint density at radius 1 is 1.50 bits per heavy atom. The predicted octanol–water partition coefficient (Wildman–Crippen LogP) is 3.75. The first-order valence-electron chi connectivity index (χ1n) is 5.88. The van der Waals surface area contributed by atoms with Crippen molar-refractivity contribution in [1.29, 1.82) is 0 Å². The molecule has 2 rings (SSSR count). The first-order chi connectivity index (χ1) is 7.61. The second-order valence-corrected chi connectivity index (χ2v) is 6.07. The third-order valence-electron chi connectivity index (χ3n) is 3.52. The minimum atomic E-state index is 0.518. The standard InChI is InChI=1S/C12H19ClN2S/c1-8-4-9(2)10(3)15(6-8)12-14-11(5-13)7-16-12/h7-10H,4-6H2,1-3H3. The zero-order chi connectivity index (χ0) is 11.7. The Morgan fingerprint density at radius 2 is 2.25 bits per heavy atom. The molecule has 2 heterocycles. The second kappa shape index (κ2) is 4.92. The molecule has 3 unspecified atom stereocenters. The third kappa shape index (κ3) is 2.35. The van der Waals surface area contributed by atoms with Crippen molar-refractivity contribution in [3.05, 3.63) is 11.1 Å². The van der Waals surface area contributed by atoms with E-state index in [1.807, 2.05) is 0 Å². The fourth-order valence-electron chi connectivity index (χ4n) is 2.46. The highest BCUT2D eigenvalue weighted by Gasteiger charge is 2.30. The summed E-state index contributed by atoms with van der Waals surface area (Å²) in [6, 6.07) is 0.588. The van der Waals surface area contributed by atoms with Crippen molar-refractivity contribution < 1.29 is 0 Å². The lowest BCUT2D eigenvalue weighted by atomic mass is 9.86. The molecule has 0 amide bonds. The summed E-state index contributed by atoms with van der Waals surface area (Å²) in [6.07, 6.45) is 1.32. The van der Waals surface area contributed by atoms with Gasteiger partial charge in [0.25, 0.3) is 0 Å². The number of halogens is 1. The van der Waals surface area contributed by atoms with E-state index < -0.39 is 0 Å². The van der Waals surface area contributed by atoms with Gasteiger partial charge in [-0.3, -0.25) is 0 Å². The molecule has 4 heteroatoms. The Bertz CT molecular complexity index is 353. The van der Waals surface area contributed by atoms with Gasteiger partial charge in [0.2, 0.25) is 0 Å². The van der Waals surface area contributed by atoms with Crippen LogP contribution < -0.4 is 4.90 Å². The number of rotatable bonds is 2. The molecule has 0 spiro atoms. The smallest absolute Gasteiger partial charge is 0.185 e. The summed E-state index contributed by atoms with van der Waals surface area (Å²) in [5.41, 5.74) is 1.000. The lowest BCUT2D eigenvalue weighted by molar-refractivity contribution is 0.297. The van der Waals surface area contributed by atoms with E-state index in [9.17, 15) is 0 Å². The molecule has 1 aliphatic rings.